The summed E-state index contributed by atoms with van der Waals surface area (Å²) in [6.45, 7) is -0.0111. The van der Waals surface area contributed by atoms with Crippen molar-refractivity contribution in [2.45, 2.75) is 50.1 Å². The first-order valence-corrected chi connectivity index (χ1v) is 6.84. The monoisotopic (exact) mass is 422 g/mol. The minimum Gasteiger partial charge on any atom is -0.396 e. The first kappa shape index (κ1) is 19.9. The maximum atomic E-state index is 13.0. The summed E-state index contributed by atoms with van der Waals surface area (Å²) in [6.07, 6.45) is -4.52. The van der Waals surface area contributed by atoms with Crippen LogP contribution in [0.4, 0.5) is 30.7 Å². The van der Waals surface area contributed by atoms with Gasteiger partial charge in [0.2, 0.25) is 0 Å². The van der Waals surface area contributed by atoms with Crippen LogP contribution < -0.4 is 0 Å². The van der Waals surface area contributed by atoms with Crippen LogP contribution >= 0.6 is 22.6 Å². The fraction of sp³-hybridized carbons (Fsp3) is 0.818. The zero-order valence-corrected chi connectivity index (χ0v) is 12.4. The standard InChI is InChI=1S/C11H14F7IO/c12-9(13,10(14,15)11(16,17)18)7-8(19)5-3-1-2-4-6-20/h7,20H,1-6H2. The van der Waals surface area contributed by atoms with E-state index in [2.05, 4.69) is 0 Å². The molecular weight excluding hydrogens is 408 g/mol. The molecule has 0 saturated carbocycles. The first-order chi connectivity index (χ1) is 8.95. The minimum atomic E-state index is -6.30. The average molecular weight is 422 g/mol. The Hall–Kier alpha value is -0.0600. The van der Waals surface area contributed by atoms with Crippen LogP contribution in [-0.4, -0.2) is 29.7 Å². The molecule has 0 spiro atoms. The molecule has 20 heavy (non-hydrogen) atoms. The molecule has 120 valence electrons. The summed E-state index contributed by atoms with van der Waals surface area (Å²) in [5.74, 6) is -11.4. The van der Waals surface area contributed by atoms with E-state index in [4.69, 9.17) is 5.11 Å². The largest absolute Gasteiger partial charge is 0.460 e. The zero-order valence-electron chi connectivity index (χ0n) is 10.3. The van der Waals surface area contributed by atoms with Crippen molar-refractivity contribution in [1.82, 2.24) is 0 Å². The fourth-order valence-electron chi connectivity index (χ4n) is 1.31. The molecule has 0 aliphatic rings. The smallest absolute Gasteiger partial charge is 0.396 e. The van der Waals surface area contributed by atoms with Gasteiger partial charge in [-0.05, 0) is 45.4 Å². The number of aliphatic hydroxyl groups is 1. The van der Waals surface area contributed by atoms with Gasteiger partial charge in [-0.15, -0.1) is 0 Å². The Morgan fingerprint density at radius 2 is 1.40 bits per heavy atom. The number of hydrogen-bond donors (Lipinski definition) is 1. The molecule has 0 aliphatic heterocycles. The lowest BCUT2D eigenvalue weighted by Gasteiger charge is -2.26. The predicted molar refractivity (Wildman–Crippen MR) is 68.2 cm³/mol. The molecule has 0 aromatic carbocycles. The molecule has 0 radical (unpaired) electrons. The van der Waals surface area contributed by atoms with Crippen molar-refractivity contribution in [3.63, 3.8) is 0 Å². The number of unbranched alkanes of at least 4 members (excludes halogenated alkanes) is 3. The van der Waals surface area contributed by atoms with Crippen LogP contribution in [0.3, 0.4) is 0 Å². The van der Waals surface area contributed by atoms with E-state index < -0.39 is 18.0 Å². The quantitative estimate of drug-likeness (QED) is 0.329. The number of alkyl halides is 7. The van der Waals surface area contributed by atoms with Crippen LogP contribution in [0.1, 0.15) is 32.1 Å². The zero-order chi connectivity index (χ0) is 16.0. The summed E-state index contributed by atoms with van der Waals surface area (Å²) < 4.78 is 86.6. The van der Waals surface area contributed by atoms with E-state index >= 15 is 0 Å². The maximum Gasteiger partial charge on any atom is 0.460 e. The van der Waals surface area contributed by atoms with Gasteiger partial charge in [-0.3, -0.25) is 0 Å². The van der Waals surface area contributed by atoms with Crippen LogP contribution in [0.5, 0.6) is 0 Å². The number of hydrogen-bond acceptors (Lipinski definition) is 1. The summed E-state index contributed by atoms with van der Waals surface area (Å²) in [5, 5.41) is 8.49. The molecular formula is C11H14F7IO. The van der Waals surface area contributed by atoms with Crippen LogP contribution in [0.15, 0.2) is 9.66 Å². The third kappa shape index (κ3) is 5.74. The highest BCUT2D eigenvalue weighted by molar-refractivity contribution is 14.1. The lowest BCUT2D eigenvalue weighted by atomic mass is 10.1. The molecule has 0 amide bonds. The van der Waals surface area contributed by atoms with Crippen molar-refractivity contribution in [2.24, 2.45) is 0 Å². The normalized spacial score (nSPS) is 14.8. The fourth-order valence-corrected chi connectivity index (χ4v) is 2.08. The van der Waals surface area contributed by atoms with E-state index in [1.165, 1.54) is 22.6 Å². The van der Waals surface area contributed by atoms with Gasteiger partial charge in [-0.1, -0.05) is 12.8 Å². The Bertz CT molecular complexity index is 325. The van der Waals surface area contributed by atoms with E-state index in [0.717, 1.165) is 0 Å². The van der Waals surface area contributed by atoms with E-state index in [9.17, 15) is 30.7 Å². The van der Waals surface area contributed by atoms with Gasteiger partial charge in [-0.25, -0.2) is 0 Å². The maximum absolute atomic E-state index is 13.0. The van der Waals surface area contributed by atoms with Crippen LogP contribution in [0, 0.1) is 0 Å². The average Bonchev–Trinajstić information content (AvgIpc) is 2.26. The predicted octanol–water partition coefficient (Wildman–Crippen LogP) is 5.08. The van der Waals surface area contributed by atoms with Crippen LogP contribution in [-0.2, 0) is 0 Å². The molecule has 0 aromatic rings. The van der Waals surface area contributed by atoms with E-state index in [-0.39, 0.29) is 22.7 Å². The molecule has 0 atom stereocenters. The Kier molecular flexibility index (Phi) is 7.79. The van der Waals surface area contributed by atoms with Gasteiger partial charge < -0.3 is 5.11 Å². The van der Waals surface area contributed by atoms with Gasteiger partial charge in [-0.2, -0.15) is 30.7 Å². The molecule has 0 aromatic heterocycles. The van der Waals surface area contributed by atoms with E-state index in [1.54, 1.807) is 0 Å². The lowest BCUT2D eigenvalue weighted by molar-refractivity contribution is -0.341. The molecule has 0 rings (SSSR count). The number of halogens is 8. The molecule has 0 unspecified atom stereocenters. The molecule has 0 saturated heterocycles. The second-order valence-electron chi connectivity index (χ2n) is 4.17. The van der Waals surface area contributed by atoms with Gasteiger partial charge in [0.05, 0.1) is 0 Å². The Labute approximate surface area is 125 Å². The molecule has 0 heterocycles. The van der Waals surface area contributed by atoms with E-state index in [1.807, 2.05) is 0 Å². The van der Waals surface area contributed by atoms with Gasteiger partial charge in [0.25, 0.3) is 0 Å². The molecule has 1 N–H and O–H groups in total. The summed E-state index contributed by atoms with van der Waals surface area (Å²) in [4.78, 5) is 0. The van der Waals surface area contributed by atoms with Crippen molar-refractivity contribution < 1.29 is 35.8 Å². The van der Waals surface area contributed by atoms with Gasteiger partial charge >= 0.3 is 18.0 Å². The summed E-state index contributed by atoms with van der Waals surface area (Å²) in [6, 6.07) is 0. The minimum absolute atomic E-state index is 0.00445. The number of allylic oxidation sites excluding steroid dienone is 2. The van der Waals surface area contributed by atoms with Gasteiger partial charge in [0.15, 0.2) is 0 Å². The summed E-state index contributed by atoms with van der Waals surface area (Å²) in [7, 11) is 0. The number of aliphatic hydroxyl groups excluding tert-OH is 1. The van der Waals surface area contributed by atoms with Crippen molar-refractivity contribution in [1.29, 1.82) is 0 Å². The van der Waals surface area contributed by atoms with E-state index in [0.29, 0.717) is 25.7 Å². The third-order valence-electron chi connectivity index (χ3n) is 2.44. The van der Waals surface area contributed by atoms with Crippen LogP contribution in [0.25, 0.3) is 0 Å². The lowest BCUT2D eigenvalue weighted by Crippen LogP contribution is -2.50. The second kappa shape index (κ2) is 7.81. The van der Waals surface area contributed by atoms with Crippen LogP contribution in [0.2, 0.25) is 0 Å². The highest BCUT2D eigenvalue weighted by Gasteiger charge is 2.72. The van der Waals surface area contributed by atoms with Gasteiger partial charge in [0, 0.05) is 12.7 Å². The Morgan fingerprint density at radius 1 is 0.900 bits per heavy atom. The second-order valence-corrected chi connectivity index (χ2v) is 5.56. The molecule has 9 heteroatoms. The first-order valence-electron chi connectivity index (χ1n) is 5.76. The van der Waals surface area contributed by atoms with Crippen molar-refractivity contribution in [3.05, 3.63) is 9.66 Å². The highest BCUT2D eigenvalue weighted by atomic mass is 127. The molecule has 0 bridgehead atoms. The Balaban J connectivity index is 4.60. The molecule has 0 fully saturated rings. The molecule has 0 aliphatic carbocycles. The van der Waals surface area contributed by atoms with Crippen molar-refractivity contribution in [2.75, 3.05) is 6.61 Å². The van der Waals surface area contributed by atoms with Crippen molar-refractivity contribution >= 4 is 22.6 Å². The van der Waals surface area contributed by atoms with Crippen molar-refractivity contribution in [3.8, 4) is 0 Å². The summed E-state index contributed by atoms with van der Waals surface area (Å²) in [5.41, 5.74) is 0. The third-order valence-corrected chi connectivity index (χ3v) is 3.29. The molecule has 1 nitrogen and oxygen atoms in total. The van der Waals surface area contributed by atoms with Gasteiger partial charge in [0.1, 0.15) is 0 Å². The Morgan fingerprint density at radius 3 is 1.85 bits per heavy atom. The summed E-state index contributed by atoms with van der Waals surface area (Å²) >= 11 is 1.33. The topological polar surface area (TPSA) is 20.2 Å². The number of rotatable bonds is 8. The highest BCUT2D eigenvalue weighted by Crippen LogP contribution is 2.48. The SMILES string of the molecule is OCCCCCCC(I)=CC(F)(F)C(F)(F)C(F)(F)F.